The summed E-state index contributed by atoms with van der Waals surface area (Å²) in [5, 5.41) is 14.1. The first-order valence-electron chi connectivity index (χ1n) is 7.13. The maximum Gasteiger partial charge on any atom is 0.305 e. The summed E-state index contributed by atoms with van der Waals surface area (Å²) < 4.78 is 19.0. The van der Waals surface area contributed by atoms with Crippen LogP contribution >= 0.6 is 0 Å². The second-order valence-electron chi connectivity index (χ2n) is 5.45. The van der Waals surface area contributed by atoms with Crippen LogP contribution < -0.4 is 5.32 Å². The van der Waals surface area contributed by atoms with Crippen molar-refractivity contribution in [2.45, 2.75) is 12.5 Å². The second kappa shape index (κ2) is 5.98. The number of morpholine rings is 1. The number of ether oxygens (including phenoxy) is 1. The summed E-state index contributed by atoms with van der Waals surface area (Å²) in [7, 11) is 0. The minimum Gasteiger partial charge on any atom is -0.378 e. The maximum absolute atomic E-state index is 13.6. The van der Waals surface area contributed by atoms with E-state index in [-0.39, 0.29) is 17.5 Å². The number of amides is 1. The molecule has 2 aliphatic rings. The Morgan fingerprint density at radius 2 is 2.32 bits per heavy atom. The van der Waals surface area contributed by atoms with Crippen LogP contribution in [-0.4, -0.2) is 54.6 Å². The van der Waals surface area contributed by atoms with E-state index < -0.39 is 16.4 Å². The molecule has 118 valence electrons. The number of hydrogen-bond donors (Lipinski definition) is 1. The van der Waals surface area contributed by atoms with Gasteiger partial charge in [-0.05, 0) is 18.1 Å². The lowest BCUT2D eigenvalue weighted by Crippen LogP contribution is -2.51. The molecule has 1 aromatic rings. The van der Waals surface area contributed by atoms with Crippen molar-refractivity contribution in [2.24, 2.45) is 0 Å². The lowest BCUT2D eigenvalue weighted by atomic mass is 9.97. The molecule has 22 heavy (non-hydrogen) atoms. The first kappa shape index (κ1) is 14.9. The van der Waals surface area contributed by atoms with Gasteiger partial charge < -0.3 is 15.0 Å². The van der Waals surface area contributed by atoms with Crippen LogP contribution in [0.3, 0.4) is 0 Å². The first-order valence-corrected chi connectivity index (χ1v) is 7.13. The Bertz CT molecular complexity index is 616. The fraction of sp³-hybridized carbons (Fsp3) is 0.500. The predicted molar refractivity (Wildman–Crippen MR) is 75.3 cm³/mol. The number of fused-ring (bicyclic) bond motifs is 1. The quantitative estimate of drug-likeness (QED) is 0.657. The molecule has 0 radical (unpaired) electrons. The monoisotopic (exact) mass is 309 g/mol. The molecule has 0 saturated carbocycles. The van der Waals surface area contributed by atoms with Gasteiger partial charge in [-0.25, -0.2) is 0 Å². The van der Waals surface area contributed by atoms with Crippen LogP contribution in [0.2, 0.25) is 0 Å². The number of hydrogen-bond acceptors (Lipinski definition) is 5. The molecule has 7 nitrogen and oxygen atoms in total. The van der Waals surface area contributed by atoms with Gasteiger partial charge in [-0.15, -0.1) is 0 Å². The minimum atomic E-state index is -0.896. The van der Waals surface area contributed by atoms with Crippen molar-refractivity contribution in [1.29, 1.82) is 0 Å². The average molecular weight is 309 g/mol. The number of halogens is 1. The van der Waals surface area contributed by atoms with Crippen molar-refractivity contribution in [1.82, 2.24) is 10.2 Å². The summed E-state index contributed by atoms with van der Waals surface area (Å²) in [6.07, 6.45) is 0.490. The van der Waals surface area contributed by atoms with Crippen LogP contribution in [0.25, 0.3) is 0 Å². The third kappa shape index (κ3) is 2.79. The first-order chi connectivity index (χ1) is 10.6. The van der Waals surface area contributed by atoms with Crippen molar-refractivity contribution < 1.29 is 18.8 Å². The van der Waals surface area contributed by atoms with Crippen molar-refractivity contribution in [3.63, 3.8) is 0 Å². The zero-order valence-corrected chi connectivity index (χ0v) is 11.9. The van der Waals surface area contributed by atoms with Crippen molar-refractivity contribution >= 4 is 11.6 Å². The van der Waals surface area contributed by atoms with E-state index in [9.17, 15) is 19.3 Å². The standard InChI is InChI=1S/C14H16FN3O4/c15-12-5-9-1-3-17(7-10-8-22-4-2-16-10)14(19)11(9)6-13(12)18(20)21/h5-6,10,16H,1-4,7-8H2/t10-/m0/s1. The molecule has 1 saturated heterocycles. The molecule has 1 amide bonds. The van der Waals surface area contributed by atoms with E-state index in [0.717, 1.165) is 18.7 Å². The molecule has 2 aliphatic heterocycles. The highest BCUT2D eigenvalue weighted by atomic mass is 19.1. The van der Waals surface area contributed by atoms with Crippen LogP contribution in [0.15, 0.2) is 12.1 Å². The second-order valence-corrected chi connectivity index (χ2v) is 5.45. The number of carbonyl (C=O) groups is 1. The topological polar surface area (TPSA) is 84.7 Å². The number of nitro groups is 1. The zero-order valence-electron chi connectivity index (χ0n) is 11.9. The van der Waals surface area contributed by atoms with Crippen LogP contribution in [0.1, 0.15) is 15.9 Å². The highest BCUT2D eigenvalue weighted by Gasteiger charge is 2.30. The van der Waals surface area contributed by atoms with Gasteiger partial charge in [-0.2, -0.15) is 4.39 Å². The molecule has 0 spiro atoms. The molecule has 8 heteroatoms. The highest BCUT2D eigenvalue weighted by molar-refractivity contribution is 5.97. The summed E-state index contributed by atoms with van der Waals surface area (Å²) in [6, 6.07) is 2.20. The SMILES string of the molecule is O=C1c2cc([N+](=O)[O-])c(F)cc2CCN1C[C@H]1COCCN1. The fourth-order valence-corrected chi connectivity index (χ4v) is 2.85. The summed E-state index contributed by atoms with van der Waals surface area (Å²) >= 11 is 0. The van der Waals surface area contributed by atoms with E-state index in [1.807, 2.05) is 0 Å². The molecule has 0 bridgehead atoms. The van der Waals surface area contributed by atoms with E-state index in [2.05, 4.69) is 5.32 Å². The molecular weight excluding hydrogens is 293 g/mol. The third-order valence-electron chi connectivity index (χ3n) is 3.98. The van der Waals surface area contributed by atoms with Gasteiger partial charge in [-0.1, -0.05) is 0 Å². The third-order valence-corrected chi connectivity index (χ3v) is 3.98. The van der Waals surface area contributed by atoms with E-state index in [0.29, 0.717) is 38.3 Å². The number of benzene rings is 1. The van der Waals surface area contributed by atoms with Crippen LogP contribution in [0.4, 0.5) is 10.1 Å². The van der Waals surface area contributed by atoms with Gasteiger partial charge in [0.15, 0.2) is 0 Å². The summed E-state index contributed by atoms with van der Waals surface area (Å²) in [5.41, 5.74) is 0.0846. The summed E-state index contributed by atoms with van der Waals surface area (Å²) in [4.78, 5) is 24.1. The Morgan fingerprint density at radius 3 is 3.00 bits per heavy atom. The Kier molecular flexibility index (Phi) is 4.04. The largest absolute Gasteiger partial charge is 0.378 e. The van der Waals surface area contributed by atoms with E-state index >= 15 is 0 Å². The Labute approximate surface area is 126 Å². The number of rotatable bonds is 3. The number of nitrogens with one attached hydrogen (secondary N) is 1. The number of carbonyl (C=O) groups excluding carboxylic acids is 1. The van der Waals surface area contributed by atoms with Gasteiger partial charge >= 0.3 is 5.69 Å². The molecule has 0 unspecified atom stereocenters. The molecule has 0 aromatic heterocycles. The van der Waals surface area contributed by atoms with Gasteiger partial charge in [-0.3, -0.25) is 14.9 Å². The molecular formula is C14H16FN3O4. The van der Waals surface area contributed by atoms with Crippen molar-refractivity contribution in [3.05, 3.63) is 39.2 Å². The smallest absolute Gasteiger partial charge is 0.305 e. The van der Waals surface area contributed by atoms with Crippen LogP contribution in [-0.2, 0) is 11.2 Å². The van der Waals surface area contributed by atoms with Crippen molar-refractivity contribution in [3.8, 4) is 0 Å². The fourth-order valence-electron chi connectivity index (χ4n) is 2.85. The van der Waals surface area contributed by atoms with Gasteiger partial charge in [0.1, 0.15) is 0 Å². The van der Waals surface area contributed by atoms with E-state index in [1.54, 1.807) is 4.90 Å². The normalized spacial score (nSPS) is 21.6. The lowest BCUT2D eigenvalue weighted by Gasteiger charge is -2.33. The van der Waals surface area contributed by atoms with Gasteiger partial charge in [0.25, 0.3) is 5.91 Å². The van der Waals surface area contributed by atoms with Crippen LogP contribution in [0, 0.1) is 15.9 Å². The predicted octanol–water partition coefficient (Wildman–Crippen LogP) is 0.721. The molecule has 1 fully saturated rings. The van der Waals surface area contributed by atoms with Gasteiger partial charge in [0.05, 0.1) is 18.1 Å². The molecule has 1 aromatic carbocycles. The van der Waals surface area contributed by atoms with Gasteiger partial charge in [0, 0.05) is 37.3 Å². The maximum atomic E-state index is 13.6. The summed E-state index contributed by atoms with van der Waals surface area (Å²) in [5.74, 6) is -1.19. The van der Waals surface area contributed by atoms with Crippen LogP contribution in [0.5, 0.6) is 0 Å². The minimum absolute atomic E-state index is 0.0506. The number of nitro benzene ring substituents is 1. The van der Waals surface area contributed by atoms with Crippen molar-refractivity contribution in [2.75, 3.05) is 32.8 Å². The molecule has 2 heterocycles. The molecule has 1 atom stereocenters. The van der Waals surface area contributed by atoms with E-state index in [4.69, 9.17) is 4.74 Å². The van der Waals surface area contributed by atoms with Gasteiger partial charge in [0.2, 0.25) is 5.82 Å². The Morgan fingerprint density at radius 1 is 1.50 bits per heavy atom. The molecule has 0 aliphatic carbocycles. The highest BCUT2D eigenvalue weighted by Crippen LogP contribution is 2.27. The average Bonchev–Trinajstić information content (AvgIpc) is 2.50. The summed E-state index contributed by atoms with van der Waals surface area (Å²) in [6.45, 7) is 2.86. The molecule has 3 rings (SSSR count). The number of nitrogens with zero attached hydrogens (tertiary/aromatic N) is 2. The molecule has 1 N–H and O–H groups in total. The lowest BCUT2D eigenvalue weighted by molar-refractivity contribution is -0.387. The van der Waals surface area contributed by atoms with E-state index in [1.165, 1.54) is 0 Å². The zero-order chi connectivity index (χ0) is 15.7. The Balaban J connectivity index is 1.81. The Hall–Kier alpha value is -2.06.